The fraction of sp³-hybridized carbons (Fsp3) is 0.348. The lowest BCUT2D eigenvalue weighted by molar-refractivity contribution is 0.0337. The number of ether oxygens (including phenoxy) is 2. The summed E-state index contributed by atoms with van der Waals surface area (Å²) in [5.41, 5.74) is 3.08. The minimum absolute atomic E-state index is 0.0907. The highest BCUT2D eigenvalue weighted by molar-refractivity contribution is 5.82. The molecular formula is C23H25NO4. The van der Waals surface area contributed by atoms with E-state index in [1.807, 2.05) is 62.4 Å². The third-order valence-electron chi connectivity index (χ3n) is 5.33. The molecule has 0 N–H and O–H groups in total. The van der Waals surface area contributed by atoms with Gasteiger partial charge in [0.15, 0.2) is 0 Å². The fourth-order valence-electron chi connectivity index (χ4n) is 3.61. The molecule has 4 rings (SSSR count). The summed E-state index contributed by atoms with van der Waals surface area (Å²) >= 11 is 0. The van der Waals surface area contributed by atoms with Crippen LogP contribution in [0.25, 0.3) is 11.0 Å². The van der Waals surface area contributed by atoms with Crippen molar-refractivity contribution in [3.63, 3.8) is 0 Å². The number of fused-ring (bicyclic) bond motifs is 1. The van der Waals surface area contributed by atoms with E-state index in [0.717, 1.165) is 35.2 Å². The van der Waals surface area contributed by atoms with E-state index in [1.54, 1.807) is 0 Å². The number of nitrogens with zero attached hydrogens (tertiary/aromatic N) is 1. The molecule has 0 aliphatic carbocycles. The highest BCUT2D eigenvalue weighted by Crippen LogP contribution is 2.28. The van der Waals surface area contributed by atoms with Crippen LogP contribution in [-0.4, -0.2) is 31.2 Å². The van der Waals surface area contributed by atoms with Crippen LogP contribution >= 0.6 is 0 Å². The van der Waals surface area contributed by atoms with Crippen molar-refractivity contribution in [2.75, 3.05) is 26.3 Å². The van der Waals surface area contributed by atoms with Crippen molar-refractivity contribution in [1.82, 2.24) is 4.90 Å². The Kier molecular flexibility index (Phi) is 5.46. The van der Waals surface area contributed by atoms with Crippen LogP contribution in [0.4, 0.5) is 0 Å². The van der Waals surface area contributed by atoms with E-state index in [2.05, 4.69) is 4.90 Å². The second kappa shape index (κ2) is 8.17. The molecule has 1 saturated heterocycles. The summed E-state index contributed by atoms with van der Waals surface area (Å²) in [7, 11) is 0. The van der Waals surface area contributed by atoms with Crippen LogP contribution in [0.1, 0.15) is 29.7 Å². The molecule has 5 heteroatoms. The zero-order valence-electron chi connectivity index (χ0n) is 16.3. The van der Waals surface area contributed by atoms with Gasteiger partial charge in [-0.25, -0.2) is 4.79 Å². The lowest BCUT2D eigenvalue weighted by Gasteiger charge is -2.26. The Hall–Kier alpha value is -2.63. The minimum Gasteiger partial charge on any atom is -0.486 e. The molecule has 1 aromatic heterocycles. The van der Waals surface area contributed by atoms with Gasteiger partial charge in [-0.15, -0.1) is 0 Å². The molecule has 28 heavy (non-hydrogen) atoms. The first-order valence-electron chi connectivity index (χ1n) is 9.70. The van der Waals surface area contributed by atoms with Gasteiger partial charge < -0.3 is 13.9 Å². The molecule has 1 aliphatic rings. The highest BCUT2D eigenvalue weighted by Gasteiger charge is 2.18. The average Bonchev–Trinajstić information content (AvgIpc) is 2.72. The number of aryl methyl sites for hydroxylation is 1. The maximum Gasteiger partial charge on any atom is 0.341 e. The summed E-state index contributed by atoms with van der Waals surface area (Å²) in [5.74, 6) is 0.687. The lowest BCUT2D eigenvalue weighted by atomic mass is 10.1. The van der Waals surface area contributed by atoms with E-state index in [9.17, 15) is 4.79 Å². The molecule has 2 heterocycles. The summed E-state index contributed by atoms with van der Waals surface area (Å²) in [5, 5.41) is 0.947. The molecule has 0 spiro atoms. The first kappa shape index (κ1) is 18.7. The number of benzene rings is 2. The van der Waals surface area contributed by atoms with E-state index in [1.165, 1.54) is 0 Å². The third kappa shape index (κ3) is 3.96. The van der Waals surface area contributed by atoms with E-state index in [4.69, 9.17) is 13.9 Å². The van der Waals surface area contributed by atoms with Crippen LogP contribution in [0.3, 0.4) is 0 Å². The number of rotatable bonds is 5. The van der Waals surface area contributed by atoms with Gasteiger partial charge in [0.05, 0.1) is 18.8 Å². The fourth-order valence-corrected chi connectivity index (χ4v) is 3.61. The zero-order valence-corrected chi connectivity index (χ0v) is 16.3. The van der Waals surface area contributed by atoms with Crippen molar-refractivity contribution in [2.24, 2.45) is 0 Å². The summed E-state index contributed by atoms with van der Waals surface area (Å²) in [6, 6.07) is 15.8. The molecule has 0 amide bonds. The summed E-state index contributed by atoms with van der Waals surface area (Å²) < 4.78 is 17.1. The van der Waals surface area contributed by atoms with Gasteiger partial charge in [0, 0.05) is 31.1 Å². The van der Waals surface area contributed by atoms with Crippen LogP contribution in [0.15, 0.2) is 57.7 Å². The largest absolute Gasteiger partial charge is 0.486 e. The average molecular weight is 379 g/mol. The Labute approximate surface area is 164 Å². The van der Waals surface area contributed by atoms with Crippen LogP contribution in [0.2, 0.25) is 0 Å². The Balaban J connectivity index is 1.60. The molecule has 0 radical (unpaired) electrons. The molecule has 1 atom stereocenters. The van der Waals surface area contributed by atoms with Crippen LogP contribution in [0, 0.1) is 6.92 Å². The van der Waals surface area contributed by atoms with Crippen molar-refractivity contribution < 1.29 is 13.9 Å². The van der Waals surface area contributed by atoms with Crippen molar-refractivity contribution in [3.8, 4) is 5.75 Å². The predicted molar refractivity (Wildman–Crippen MR) is 109 cm³/mol. The Bertz CT molecular complexity index is 1010. The van der Waals surface area contributed by atoms with Crippen molar-refractivity contribution in [3.05, 3.63) is 75.6 Å². The predicted octanol–water partition coefficient (Wildman–Crippen LogP) is 4.07. The summed E-state index contributed by atoms with van der Waals surface area (Å²) in [6.45, 7) is 7.67. The molecule has 0 bridgehead atoms. The van der Waals surface area contributed by atoms with E-state index < -0.39 is 0 Å². The van der Waals surface area contributed by atoms with Crippen molar-refractivity contribution in [2.45, 2.75) is 26.5 Å². The summed E-state index contributed by atoms with van der Waals surface area (Å²) in [4.78, 5) is 14.8. The molecule has 1 aliphatic heterocycles. The van der Waals surface area contributed by atoms with Crippen molar-refractivity contribution in [1.29, 1.82) is 0 Å². The highest BCUT2D eigenvalue weighted by atomic mass is 16.5. The SMILES string of the molecule is Cc1c(CN2CCOCC2)c(=O)oc2cc(O[C@H](C)c3ccccc3)ccc12. The van der Waals surface area contributed by atoms with Crippen LogP contribution < -0.4 is 10.4 Å². The van der Waals surface area contributed by atoms with Crippen LogP contribution in [-0.2, 0) is 11.3 Å². The number of hydrogen-bond donors (Lipinski definition) is 0. The van der Waals surface area contributed by atoms with Gasteiger partial charge >= 0.3 is 5.63 Å². The van der Waals surface area contributed by atoms with E-state index >= 15 is 0 Å². The molecule has 1 fully saturated rings. The maximum atomic E-state index is 12.6. The molecule has 0 unspecified atom stereocenters. The lowest BCUT2D eigenvalue weighted by Crippen LogP contribution is -2.37. The first-order valence-corrected chi connectivity index (χ1v) is 9.70. The van der Waals surface area contributed by atoms with Gasteiger partial charge in [0.1, 0.15) is 17.4 Å². The normalized spacial score (nSPS) is 16.2. The Morgan fingerprint density at radius 2 is 1.86 bits per heavy atom. The van der Waals surface area contributed by atoms with Crippen molar-refractivity contribution >= 4 is 11.0 Å². The topological polar surface area (TPSA) is 51.9 Å². The standard InChI is InChI=1S/C23H25NO4/c1-16-20-9-8-19(27-17(2)18-6-4-3-5-7-18)14-22(20)28-23(25)21(16)15-24-10-12-26-13-11-24/h3-9,14,17H,10-13,15H2,1-2H3/t17-/m1/s1. The van der Waals surface area contributed by atoms with Gasteiger partial charge in [0.25, 0.3) is 0 Å². The number of morpholine rings is 1. The maximum absolute atomic E-state index is 12.6. The molecule has 146 valence electrons. The van der Waals surface area contributed by atoms with Gasteiger partial charge in [-0.3, -0.25) is 4.90 Å². The first-order chi connectivity index (χ1) is 13.6. The van der Waals surface area contributed by atoms with Gasteiger partial charge in [-0.1, -0.05) is 30.3 Å². The van der Waals surface area contributed by atoms with E-state index in [0.29, 0.717) is 31.1 Å². The molecule has 2 aromatic carbocycles. The van der Waals surface area contributed by atoms with Gasteiger partial charge in [-0.05, 0) is 37.1 Å². The second-order valence-electron chi connectivity index (χ2n) is 7.21. The molecule has 0 saturated carbocycles. The molecule has 5 nitrogen and oxygen atoms in total. The van der Waals surface area contributed by atoms with Crippen LogP contribution in [0.5, 0.6) is 5.75 Å². The van der Waals surface area contributed by atoms with Gasteiger partial charge in [0.2, 0.25) is 0 Å². The smallest absolute Gasteiger partial charge is 0.341 e. The Morgan fingerprint density at radius 3 is 2.61 bits per heavy atom. The zero-order chi connectivity index (χ0) is 19.5. The number of hydrogen-bond acceptors (Lipinski definition) is 5. The van der Waals surface area contributed by atoms with E-state index in [-0.39, 0.29) is 11.7 Å². The molecular weight excluding hydrogens is 354 g/mol. The minimum atomic E-state index is -0.273. The van der Waals surface area contributed by atoms with Gasteiger partial charge in [-0.2, -0.15) is 0 Å². The summed E-state index contributed by atoms with van der Waals surface area (Å²) in [6.07, 6.45) is -0.0907. The second-order valence-corrected chi connectivity index (χ2v) is 7.21. The monoisotopic (exact) mass is 379 g/mol. The quantitative estimate of drug-likeness (QED) is 0.626. The third-order valence-corrected chi connectivity index (χ3v) is 5.33. The Morgan fingerprint density at radius 1 is 1.11 bits per heavy atom. The molecule has 3 aromatic rings.